The van der Waals surface area contributed by atoms with Gasteiger partial charge in [-0.25, -0.2) is 4.79 Å². The van der Waals surface area contributed by atoms with Gasteiger partial charge in [0.2, 0.25) is 0 Å². The normalized spacial score (nSPS) is 28.8. The molecule has 2 fully saturated rings. The van der Waals surface area contributed by atoms with Crippen LogP contribution in [0.25, 0.3) is 10.4 Å². The van der Waals surface area contributed by atoms with Gasteiger partial charge in [0.25, 0.3) is 0 Å². The van der Waals surface area contributed by atoms with E-state index in [0.29, 0.717) is 6.61 Å². The van der Waals surface area contributed by atoms with Crippen molar-refractivity contribution in [3.63, 3.8) is 0 Å². The van der Waals surface area contributed by atoms with Crippen molar-refractivity contribution in [2.45, 2.75) is 56.9 Å². The Morgan fingerprint density at radius 3 is 2.79 bits per heavy atom. The molecule has 1 N–H and O–H groups in total. The SMILES string of the molecule is COC(=O)NC[C@@H](N=[N+]=[N-])[C@H]1O[C@@H]2OC(C)(C)O[C@@H]2[C@H]1OCc1ccccc1. The number of benzene rings is 1. The predicted octanol–water partition coefficient (Wildman–Crippen LogP) is 2.48. The van der Waals surface area contributed by atoms with Crippen LogP contribution in [0.2, 0.25) is 0 Å². The Bertz CT molecular complexity index is 724. The Labute approximate surface area is 162 Å². The fourth-order valence-corrected chi connectivity index (χ4v) is 3.32. The van der Waals surface area contributed by atoms with Crippen LogP contribution in [0.4, 0.5) is 4.79 Å². The van der Waals surface area contributed by atoms with Crippen molar-refractivity contribution in [3.05, 3.63) is 46.3 Å². The van der Waals surface area contributed by atoms with Crippen molar-refractivity contribution >= 4 is 6.09 Å². The summed E-state index contributed by atoms with van der Waals surface area (Å²) in [5, 5.41) is 6.30. The maximum atomic E-state index is 11.4. The van der Waals surface area contributed by atoms with E-state index in [0.717, 1.165) is 5.56 Å². The molecule has 0 radical (unpaired) electrons. The fourth-order valence-electron chi connectivity index (χ4n) is 3.32. The summed E-state index contributed by atoms with van der Waals surface area (Å²) in [6.07, 6.45) is -3.00. The van der Waals surface area contributed by atoms with E-state index >= 15 is 0 Å². The van der Waals surface area contributed by atoms with Crippen LogP contribution in [0, 0.1) is 0 Å². The van der Waals surface area contributed by atoms with Crippen LogP contribution >= 0.6 is 0 Å². The van der Waals surface area contributed by atoms with E-state index in [-0.39, 0.29) is 6.54 Å². The third kappa shape index (κ3) is 4.73. The molecule has 2 aliphatic rings. The number of hydrogen-bond acceptors (Lipinski definition) is 7. The number of hydrogen-bond donors (Lipinski definition) is 1. The van der Waals surface area contributed by atoms with Crippen molar-refractivity contribution in [1.29, 1.82) is 0 Å². The summed E-state index contributed by atoms with van der Waals surface area (Å²) in [5.74, 6) is -0.813. The van der Waals surface area contributed by atoms with Gasteiger partial charge in [0.05, 0.1) is 25.9 Å². The molecule has 152 valence electrons. The number of carbonyl (C=O) groups excluding carboxylic acids is 1. The van der Waals surface area contributed by atoms with E-state index in [1.165, 1.54) is 7.11 Å². The molecule has 0 aliphatic carbocycles. The van der Waals surface area contributed by atoms with E-state index in [2.05, 4.69) is 20.1 Å². The fraction of sp³-hybridized carbons (Fsp3) is 0.611. The molecule has 10 nitrogen and oxygen atoms in total. The molecule has 2 saturated heterocycles. The van der Waals surface area contributed by atoms with Gasteiger partial charge in [-0.2, -0.15) is 0 Å². The third-order valence-electron chi connectivity index (χ3n) is 4.53. The Hall–Kier alpha value is -2.36. The Morgan fingerprint density at radius 1 is 1.36 bits per heavy atom. The van der Waals surface area contributed by atoms with E-state index in [4.69, 9.17) is 24.5 Å². The average molecular weight is 392 g/mol. The smallest absolute Gasteiger partial charge is 0.406 e. The van der Waals surface area contributed by atoms with E-state index in [9.17, 15) is 4.79 Å². The van der Waals surface area contributed by atoms with Gasteiger partial charge < -0.3 is 29.0 Å². The summed E-state index contributed by atoms with van der Waals surface area (Å²) in [7, 11) is 1.25. The summed E-state index contributed by atoms with van der Waals surface area (Å²) >= 11 is 0. The van der Waals surface area contributed by atoms with Gasteiger partial charge in [-0.05, 0) is 24.9 Å². The number of nitrogens with zero attached hydrogens (tertiary/aromatic N) is 3. The highest BCUT2D eigenvalue weighted by Crippen LogP contribution is 2.40. The Kier molecular flexibility index (Phi) is 6.38. The molecule has 0 spiro atoms. The Balaban J connectivity index is 1.76. The molecule has 2 heterocycles. The lowest BCUT2D eigenvalue weighted by Crippen LogP contribution is -2.46. The first kappa shape index (κ1) is 20.4. The topological polar surface area (TPSA) is 124 Å². The number of methoxy groups -OCH3 is 1. The lowest BCUT2D eigenvalue weighted by Gasteiger charge is -2.29. The highest BCUT2D eigenvalue weighted by atomic mass is 16.8. The predicted molar refractivity (Wildman–Crippen MR) is 97.1 cm³/mol. The van der Waals surface area contributed by atoms with Crippen molar-refractivity contribution < 1.29 is 28.5 Å². The average Bonchev–Trinajstić information content (AvgIpc) is 3.15. The van der Waals surface area contributed by atoms with Gasteiger partial charge in [0.15, 0.2) is 12.1 Å². The van der Waals surface area contributed by atoms with Gasteiger partial charge in [0, 0.05) is 11.5 Å². The number of fused-ring (bicyclic) bond motifs is 1. The van der Waals surface area contributed by atoms with Crippen LogP contribution in [-0.4, -0.2) is 56.2 Å². The van der Waals surface area contributed by atoms with Crippen molar-refractivity contribution in [3.8, 4) is 0 Å². The van der Waals surface area contributed by atoms with Gasteiger partial charge in [-0.3, -0.25) is 0 Å². The van der Waals surface area contributed by atoms with Crippen LogP contribution in [0.5, 0.6) is 0 Å². The van der Waals surface area contributed by atoms with Crippen LogP contribution in [-0.2, 0) is 30.3 Å². The number of azide groups is 1. The third-order valence-corrected chi connectivity index (χ3v) is 4.53. The quantitative estimate of drug-likeness (QED) is 0.432. The highest BCUT2D eigenvalue weighted by molar-refractivity contribution is 5.66. The van der Waals surface area contributed by atoms with Crippen LogP contribution in [0.15, 0.2) is 35.4 Å². The number of nitrogens with one attached hydrogen (secondary N) is 1. The second-order valence-electron chi connectivity index (χ2n) is 6.98. The monoisotopic (exact) mass is 392 g/mol. The number of ether oxygens (including phenoxy) is 5. The minimum atomic E-state index is -0.813. The molecular weight excluding hydrogens is 368 g/mol. The summed E-state index contributed by atoms with van der Waals surface area (Å²) < 4.78 is 28.4. The molecule has 2 aliphatic heterocycles. The second-order valence-corrected chi connectivity index (χ2v) is 6.98. The number of alkyl carbamates (subject to hydrolysis) is 1. The summed E-state index contributed by atoms with van der Waals surface area (Å²) in [5.41, 5.74) is 9.94. The van der Waals surface area contributed by atoms with Gasteiger partial charge in [-0.1, -0.05) is 35.4 Å². The van der Waals surface area contributed by atoms with Gasteiger partial charge >= 0.3 is 6.09 Å². The largest absolute Gasteiger partial charge is 0.453 e. The zero-order valence-corrected chi connectivity index (χ0v) is 16.0. The van der Waals surface area contributed by atoms with Crippen molar-refractivity contribution in [2.24, 2.45) is 5.11 Å². The first-order chi connectivity index (χ1) is 13.4. The molecule has 0 unspecified atom stereocenters. The van der Waals surface area contributed by atoms with Gasteiger partial charge in [0.1, 0.15) is 12.2 Å². The first-order valence-corrected chi connectivity index (χ1v) is 8.96. The molecule has 10 heteroatoms. The van der Waals surface area contributed by atoms with Crippen LogP contribution in [0.3, 0.4) is 0 Å². The highest BCUT2D eigenvalue weighted by Gasteiger charge is 2.57. The first-order valence-electron chi connectivity index (χ1n) is 8.96. The molecule has 0 aromatic heterocycles. The molecule has 0 saturated carbocycles. The number of carbonyl (C=O) groups is 1. The maximum absolute atomic E-state index is 11.4. The summed E-state index contributed by atoms with van der Waals surface area (Å²) in [6, 6.07) is 8.93. The summed E-state index contributed by atoms with van der Waals surface area (Å²) in [6.45, 7) is 3.94. The number of rotatable bonds is 7. The molecular formula is C18H24N4O6. The minimum Gasteiger partial charge on any atom is -0.453 e. The standard InChI is InChI=1S/C18H24N4O6/c1-18(2)27-15-14(25-10-11-7-5-4-6-8-11)13(26-16(15)28-18)12(21-22-19)9-20-17(23)24-3/h4-8,12-16H,9-10H2,1-3H3,(H,20,23)/t12-,13-,14+,15-,16-/m1/s1. The Morgan fingerprint density at radius 2 is 2.11 bits per heavy atom. The van der Waals surface area contributed by atoms with Crippen LogP contribution < -0.4 is 5.32 Å². The van der Waals surface area contributed by atoms with E-state index in [1.807, 2.05) is 30.3 Å². The summed E-state index contributed by atoms with van der Waals surface area (Å²) in [4.78, 5) is 14.3. The molecule has 1 aromatic rings. The minimum absolute atomic E-state index is 0.0232. The zero-order valence-electron chi connectivity index (χ0n) is 16.0. The molecule has 1 aromatic carbocycles. The van der Waals surface area contributed by atoms with Crippen LogP contribution in [0.1, 0.15) is 19.4 Å². The van der Waals surface area contributed by atoms with Crippen molar-refractivity contribution in [2.75, 3.05) is 13.7 Å². The maximum Gasteiger partial charge on any atom is 0.406 e. The molecule has 1 amide bonds. The molecule has 28 heavy (non-hydrogen) atoms. The molecule has 3 rings (SSSR count). The van der Waals surface area contributed by atoms with E-state index in [1.54, 1.807) is 13.8 Å². The second kappa shape index (κ2) is 8.76. The van der Waals surface area contributed by atoms with E-state index < -0.39 is 42.5 Å². The number of amides is 1. The van der Waals surface area contributed by atoms with Crippen molar-refractivity contribution in [1.82, 2.24) is 5.32 Å². The lowest BCUT2D eigenvalue weighted by molar-refractivity contribution is -0.221. The zero-order chi connectivity index (χ0) is 20.1. The molecule has 0 bridgehead atoms. The van der Waals surface area contributed by atoms with Gasteiger partial charge in [-0.15, -0.1) is 0 Å². The lowest BCUT2D eigenvalue weighted by atomic mass is 10.0. The molecule has 5 atom stereocenters.